The molecule has 1 heterocycles. The van der Waals surface area contributed by atoms with Gasteiger partial charge in [-0.15, -0.1) is 0 Å². The Bertz CT molecular complexity index is 821. The molecule has 6 heteroatoms. The minimum Gasteiger partial charge on any atom is -0.457 e. The fourth-order valence-corrected chi connectivity index (χ4v) is 2.49. The molecule has 0 aliphatic carbocycles. The highest BCUT2D eigenvalue weighted by Gasteiger charge is 2.02. The second-order valence-corrected chi connectivity index (χ2v) is 6.41. The first-order valence-electron chi connectivity index (χ1n) is 9.01. The third-order valence-electron chi connectivity index (χ3n) is 3.83. The van der Waals surface area contributed by atoms with E-state index < -0.39 is 0 Å². The second kappa shape index (κ2) is 9.54. The molecule has 0 fully saturated rings. The highest BCUT2D eigenvalue weighted by molar-refractivity contribution is 5.56. The van der Waals surface area contributed by atoms with E-state index in [0.29, 0.717) is 5.95 Å². The van der Waals surface area contributed by atoms with Crippen LogP contribution in [0.4, 0.5) is 17.5 Å². The lowest BCUT2D eigenvalue weighted by Gasteiger charge is -2.11. The van der Waals surface area contributed by atoms with Crippen LogP contribution in [-0.4, -0.2) is 42.1 Å². The lowest BCUT2D eigenvalue weighted by molar-refractivity contribution is 0.405. The summed E-state index contributed by atoms with van der Waals surface area (Å²) < 4.78 is 5.80. The summed E-state index contributed by atoms with van der Waals surface area (Å²) in [7, 11) is 4.14. The number of rotatable bonds is 9. The van der Waals surface area contributed by atoms with Crippen molar-refractivity contribution in [3.05, 3.63) is 66.9 Å². The molecule has 0 bridgehead atoms. The van der Waals surface area contributed by atoms with Crippen molar-refractivity contribution in [2.45, 2.75) is 6.42 Å². The van der Waals surface area contributed by atoms with Gasteiger partial charge in [0.05, 0.1) is 0 Å². The maximum absolute atomic E-state index is 5.80. The number of hydrogen-bond donors (Lipinski definition) is 2. The zero-order valence-corrected chi connectivity index (χ0v) is 15.7. The van der Waals surface area contributed by atoms with Crippen molar-refractivity contribution in [3.8, 4) is 11.5 Å². The van der Waals surface area contributed by atoms with Crippen molar-refractivity contribution in [1.29, 1.82) is 0 Å². The fourth-order valence-electron chi connectivity index (χ4n) is 2.49. The van der Waals surface area contributed by atoms with Gasteiger partial charge in [0.25, 0.3) is 0 Å². The van der Waals surface area contributed by atoms with E-state index in [1.807, 2.05) is 60.7 Å². The quantitative estimate of drug-likeness (QED) is 0.550. The summed E-state index contributed by atoms with van der Waals surface area (Å²) in [5, 5.41) is 6.54. The molecule has 2 aromatic carbocycles. The van der Waals surface area contributed by atoms with Crippen LogP contribution in [0.25, 0.3) is 0 Å². The van der Waals surface area contributed by atoms with E-state index in [4.69, 9.17) is 4.74 Å². The first-order valence-corrected chi connectivity index (χ1v) is 9.01. The molecule has 0 aliphatic rings. The monoisotopic (exact) mass is 363 g/mol. The third-order valence-corrected chi connectivity index (χ3v) is 3.83. The van der Waals surface area contributed by atoms with Crippen LogP contribution in [0.15, 0.2) is 66.9 Å². The van der Waals surface area contributed by atoms with Crippen molar-refractivity contribution in [1.82, 2.24) is 14.9 Å². The maximum atomic E-state index is 5.80. The molecule has 0 saturated carbocycles. The number of ether oxygens (including phenoxy) is 1. The molecular formula is C21H25N5O. The van der Waals surface area contributed by atoms with E-state index in [2.05, 4.69) is 39.6 Å². The van der Waals surface area contributed by atoms with E-state index in [0.717, 1.165) is 42.5 Å². The number of anilines is 3. The number of nitrogens with one attached hydrogen (secondary N) is 2. The molecule has 0 amide bonds. The first-order chi connectivity index (χ1) is 13.2. The molecule has 3 aromatic rings. The van der Waals surface area contributed by atoms with Crippen LogP contribution in [0.2, 0.25) is 0 Å². The first kappa shape index (κ1) is 18.7. The fraction of sp³-hybridized carbons (Fsp3) is 0.238. The topological polar surface area (TPSA) is 62.3 Å². The molecule has 1 aromatic heterocycles. The smallest absolute Gasteiger partial charge is 0.229 e. The van der Waals surface area contributed by atoms with E-state index in [-0.39, 0.29) is 0 Å². The summed E-state index contributed by atoms with van der Waals surface area (Å²) in [4.78, 5) is 10.9. The van der Waals surface area contributed by atoms with Gasteiger partial charge in [-0.05, 0) is 69.5 Å². The standard InChI is InChI=1S/C21H25N5O/c1-26(2)16-6-14-22-20-13-15-23-21(25-20)24-17-9-11-19(12-10-17)27-18-7-4-3-5-8-18/h3-5,7-13,15H,6,14,16H2,1-2H3,(H2,22,23,24,25). The largest absolute Gasteiger partial charge is 0.457 e. The molecule has 0 atom stereocenters. The van der Waals surface area contributed by atoms with Crippen molar-refractivity contribution in [2.75, 3.05) is 37.8 Å². The lowest BCUT2D eigenvalue weighted by atomic mass is 10.3. The molecule has 0 saturated heterocycles. The predicted molar refractivity (Wildman–Crippen MR) is 110 cm³/mol. The Labute approximate surface area is 160 Å². The molecule has 140 valence electrons. The molecular weight excluding hydrogens is 338 g/mol. The van der Waals surface area contributed by atoms with Crippen molar-refractivity contribution in [2.24, 2.45) is 0 Å². The normalized spacial score (nSPS) is 10.6. The Hall–Kier alpha value is -3.12. The van der Waals surface area contributed by atoms with Crippen LogP contribution in [-0.2, 0) is 0 Å². The molecule has 6 nitrogen and oxygen atoms in total. The van der Waals surface area contributed by atoms with Crippen LogP contribution in [0.3, 0.4) is 0 Å². The van der Waals surface area contributed by atoms with Gasteiger partial charge >= 0.3 is 0 Å². The third kappa shape index (κ3) is 6.27. The SMILES string of the molecule is CN(C)CCCNc1ccnc(Nc2ccc(Oc3ccccc3)cc2)n1. The molecule has 0 spiro atoms. The lowest BCUT2D eigenvalue weighted by Crippen LogP contribution is -2.16. The number of para-hydroxylation sites is 1. The van der Waals surface area contributed by atoms with Crippen molar-refractivity contribution < 1.29 is 4.74 Å². The van der Waals surface area contributed by atoms with E-state index in [1.165, 1.54) is 0 Å². The summed E-state index contributed by atoms with van der Waals surface area (Å²) >= 11 is 0. The van der Waals surface area contributed by atoms with Crippen LogP contribution in [0, 0.1) is 0 Å². The zero-order valence-electron chi connectivity index (χ0n) is 15.7. The van der Waals surface area contributed by atoms with Crippen LogP contribution in [0.1, 0.15) is 6.42 Å². The van der Waals surface area contributed by atoms with Gasteiger partial charge < -0.3 is 20.3 Å². The molecule has 2 N–H and O–H groups in total. The number of aromatic nitrogens is 2. The van der Waals surface area contributed by atoms with Crippen LogP contribution >= 0.6 is 0 Å². The minimum absolute atomic E-state index is 0.560. The average molecular weight is 363 g/mol. The maximum Gasteiger partial charge on any atom is 0.229 e. The van der Waals surface area contributed by atoms with Gasteiger partial charge in [-0.3, -0.25) is 0 Å². The summed E-state index contributed by atoms with van der Waals surface area (Å²) in [5.74, 6) is 2.97. The van der Waals surface area contributed by atoms with E-state index >= 15 is 0 Å². The number of benzene rings is 2. The Kier molecular flexibility index (Phi) is 6.60. The summed E-state index contributed by atoms with van der Waals surface area (Å²) in [5.41, 5.74) is 0.903. The van der Waals surface area contributed by atoms with Gasteiger partial charge in [0.2, 0.25) is 5.95 Å². The van der Waals surface area contributed by atoms with Crippen molar-refractivity contribution in [3.63, 3.8) is 0 Å². The number of hydrogen-bond acceptors (Lipinski definition) is 6. The Morgan fingerprint density at radius 3 is 2.41 bits per heavy atom. The average Bonchev–Trinajstić information content (AvgIpc) is 2.68. The summed E-state index contributed by atoms with van der Waals surface area (Å²) in [6, 6.07) is 19.3. The minimum atomic E-state index is 0.560. The van der Waals surface area contributed by atoms with E-state index in [1.54, 1.807) is 6.20 Å². The van der Waals surface area contributed by atoms with Gasteiger partial charge in [0.15, 0.2) is 0 Å². The van der Waals surface area contributed by atoms with Gasteiger partial charge in [-0.25, -0.2) is 4.98 Å². The Morgan fingerprint density at radius 2 is 1.67 bits per heavy atom. The molecule has 0 radical (unpaired) electrons. The van der Waals surface area contributed by atoms with Gasteiger partial charge in [0.1, 0.15) is 17.3 Å². The van der Waals surface area contributed by atoms with Gasteiger partial charge in [-0.2, -0.15) is 4.98 Å². The van der Waals surface area contributed by atoms with Crippen molar-refractivity contribution >= 4 is 17.5 Å². The summed E-state index contributed by atoms with van der Waals surface area (Å²) in [6.07, 6.45) is 2.80. The summed E-state index contributed by atoms with van der Waals surface area (Å²) in [6.45, 7) is 1.92. The highest BCUT2D eigenvalue weighted by atomic mass is 16.5. The van der Waals surface area contributed by atoms with E-state index in [9.17, 15) is 0 Å². The second-order valence-electron chi connectivity index (χ2n) is 6.41. The zero-order chi connectivity index (χ0) is 18.9. The van der Waals surface area contributed by atoms with Gasteiger partial charge in [-0.1, -0.05) is 18.2 Å². The highest BCUT2D eigenvalue weighted by Crippen LogP contribution is 2.23. The molecule has 27 heavy (non-hydrogen) atoms. The number of nitrogens with zero attached hydrogens (tertiary/aromatic N) is 3. The van der Waals surface area contributed by atoms with Gasteiger partial charge in [0, 0.05) is 18.4 Å². The molecule has 0 aliphatic heterocycles. The Morgan fingerprint density at radius 1 is 0.926 bits per heavy atom. The molecule has 3 rings (SSSR count). The Balaban J connectivity index is 1.54. The predicted octanol–water partition coefficient (Wildman–Crippen LogP) is 4.38. The molecule has 0 unspecified atom stereocenters. The van der Waals surface area contributed by atoms with Crippen LogP contribution in [0.5, 0.6) is 11.5 Å². The van der Waals surface area contributed by atoms with Crippen LogP contribution < -0.4 is 15.4 Å².